The van der Waals surface area contributed by atoms with Crippen molar-refractivity contribution in [3.8, 4) is 39.8 Å². The SMILES string of the molecule is COc1ccc(-c2nnc(-c3ccc(-c4ccc(F)cc4)cc3)o2)cc1. The lowest BCUT2D eigenvalue weighted by Crippen LogP contribution is -1.82. The molecule has 0 amide bonds. The average Bonchev–Trinajstić information content (AvgIpc) is 3.19. The standard InChI is InChI=1S/C21H15FN2O2/c1-25-19-12-8-17(9-13-19)21-24-23-20(26-21)16-4-2-14(3-5-16)15-6-10-18(22)11-7-15/h2-13H,1H3. The predicted molar refractivity (Wildman–Crippen MR) is 97.1 cm³/mol. The first kappa shape index (κ1) is 16.0. The molecule has 128 valence electrons. The van der Waals surface area contributed by atoms with Crippen molar-refractivity contribution in [2.75, 3.05) is 7.11 Å². The van der Waals surface area contributed by atoms with Gasteiger partial charge < -0.3 is 9.15 Å². The zero-order valence-electron chi connectivity index (χ0n) is 14.0. The Bertz CT molecular complexity index is 1010. The fourth-order valence-corrected chi connectivity index (χ4v) is 2.64. The number of aromatic nitrogens is 2. The summed E-state index contributed by atoms with van der Waals surface area (Å²) in [6.45, 7) is 0. The normalized spacial score (nSPS) is 10.7. The van der Waals surface area contributed by atoms with Crippen LogP contribution in [0.15, 0.2) is 77.2 Å². The van der Waals surface area contributed by atoms with Crippen LogP contribution in [0.3, 0.4) is 0 Å². The molecule has 0 aliphatic carbocycles. The minimum absolute atomic E-state index is 0.248. The molecule has 0 N–H and O–H groups in total. The summed E-state index contributed by atoms with van der Waals surface area (Å²) in [5, 5.41) is 8.23. The van der Waals surface area contributed by atoms with Gasteiger partial charge in [0, 0.05) is 11.1 Å². The number of rotatable bonds is 4. The van der Waals surface area contributed by atoms with Gasteiger partial charge in [-0.2, -0.15) is 0 Å². The van der Waals surface area contributed by atoms with E-state index in [2.05, 4.69) is 10.2 Å². The Morgan fingerprint density at radius 1 is 0.654 bits per heavy atom. The molecule has 26 heavy (non-hydrogen) atoms. The maximum Gasteiger partial charge on any atom is 0.248 e. The highest BCUT2D eigenvalue weighted by Gasteiger charge is 2.11. The van der Waals surface area contributed by atoms with Crippen LogP contribution in [0, 0.1) is 5.82 Å². The van der Waals surface area contributed by atoms with E-state index in [0.29, 0.717) is 11.8 Å². The van der Waals surface area contributed by atoms with Crippen molar-refractivity contribution >= 4 is 0 Å². The van der Waals surface area contributed by atoms with Crippen LogP contribution in [0.1, 0.15) is 0 Å². The van der Waals surface area contributed by atoms with Crippen LogP contribution < -0.4 is 4.74 Å². The smallest absolute Gasteiger partial charge is 0.248 e. The molecule has 4 nitrogen and oxygen atoms in total. The van der Waals surface area contributed by atoms with E-state index in [4.69, 9.17) is 9.15 Å². The van der Waals surface area contributed by atoms with Gasteiger partial charge in [-0.1, -0.05) is 24.3 Å². The molecule has 3 aromatic carbocycles. The van der Waals surface area contributed by atoms with Crippen LogP contribution in [0.4, 0.5) is 4.39 Å². The first-order chi connectivity index (χ1) is 12.7. The van der Waals surface area contributed by atoms with Gasteiger partial charge in [0.05, 0.1) is 7.11 Å². The van der Waals surface area contributed by atoms with Gasteiger partial charge in [0.25, 0.3) is 0 Å². The quantitative estimate of drug-likeness (QED) is 0.508. The van der Waals surface area contributed by atoms with Crippen LogP contribution in [-0.2, 0) is 0 Å². The van der Waals surface area contributed by atoms with Gasteiger partial charge in [-0.15, -0.1) is 10.2 Å². The Balaban J connectivity index is 1.58. The maximum absolute atomic E-state index is 13.0. The van der Waals surface area contributed by atoms with Gasteiger partial charge in [0.1, 0.15) is 11.6 Å². The fourth-order valence-electron chi connectivity index (χ4n) is 2.64. The van der Waals surface area contributed by atoms with Gasteiger partial charge in [-0.25, -0.2) is 4.39 Å². The van der Waals surface area contributed by atoms with Crippen molar-refractivity contribution in [3.05, 3.63) is 78.6 Å². The molecule has 0 fully saturated rings. The molecule has 0 aliphatic rings. The molecule has 0 saturated heterocycles. The average molecular weight is 346 g/mol. The summed E-state index contributed by atoms with van der Waals surface area (Å²) in [5.41, 5.74) is 3.58. The monoisotopic (exact) mass is 346 g/mol. The summed E-state index contributed by atoms with van der Waals surface area (Å²) in [7, 11) is 1.62. The lowest BCUT2D eigenvalue weighted by molar-refractivity contribution is 0.415. The van der Waals surface area contributed by atoms with Crippen LogP contribution in [0.2, 0.25) is 0 Å². The third-order valence-electron chi connectivity index (χ3n) is 4.07. The summed E-state index contributed by atoms with van der Waals surface area (Å²) < 4.78 is 24.0. The highest BCUT2D eigenvalue weighted by Crippen LogP contribution is 2.27. The first-order valence-corrected chi connectivity index (χ1v) is 8.07. The van der Waals surface area contributed by atoms with Crippen molar-refractivity contribution in [3.63, 3.8) is 0 Å². The topological polar surface area (TPSA) is 48.2 Å². The van der Waals surface area contributed by atoms with Crippen molar-refractivity contribution in [1.29, 1.82) is 0 Å². The molecule has 0 bridgehead atoms. The number of nitrogens with zero attached hydrogens (tertiary/aromatic N) is 2. The Hall–Kier alpha value is -3.47. The Morgan fingerprint density at radius 3 is 1.58 bits per heavy atom. The second kappa shape index (κ2) is 6.80. The van der Waals surface area contributed by atoms with Crippen molar-refractivity contribution in [2.45, 2.75) is 0 Å². The second-order valence-corrected chi connectivity index (χ2v) is 5.73. The fraction of sp³-hybridized carbons (Fsp3) is 0.0476. The summed E-state index contributed by atoms with van der Waals surface area (Å²) in [5.74, 6) is 1.42. The molecular weight excluding hydrogens is 331 g/mol. The predicted octanol–water partition coefficient (Wildman–Crippen LogP) is 5.22. The summed E-state index contributed by atoms with van der Waals surface area (Å²) in [6.07, 6.45) is 0. The van der Waals surface area contributed by atoms with Gasteiger partial charge in [-0.05, 0) is 59.7 Å². The minimum atomic E-state index is -0.248. The minimum Gasteiger partial charge on any atom is -0.497 e. The Labute approximate surface area is 149 Å². The van der Waals surface area contributed by atoms with E-state index in [1.165, 1.54) is 12.1 Å². The Kier molecular flexibility index (Phi) is 4.19. The van der Waals surface area contributed by atoms with Gasteiger partial charge in [0.15, 0.2) is 0 Å². The van der Waals surface area contributed by atoms with Gasteiger partial charge >= 0.3 is 0 Å². The molecule has 0 spiro atoms. The van der Waals surface area contributed by atoms with Gasteiger partial charge in [0.2, 0.25) is 11.8 Å². The highest BCUT2D eigenvalue weighted by molar-refractivity contribution is 5.67. The molecule has 5 heteroatoms. The third kappa shape index (κ3) is 3.19. The van der Waals surface area contributed by atoms with Crippen LogP contribution in [-0.4, -0.2) is 17.3 Å². The van der Waals surface area contributed by atoms with E-state index in [1.807, 2.05) is 48.5 Å². The highest BCUT2D eigenvalue weighted by atomic mass is 19.1. The zero-order chi connectivity index (χ0) is 17.9. The van der Waals surface area contributed by atoms with E-state index in [0.717, 1.165) is 28.0 Å². The molecule has 1 aromatic heterocycles. The number of halogens is 1. The lowest BCUT2D eigenvalue weighted by Gasteiger charge is -2.02. The van der Waals surface area contributed by atoms with Crippen LogP contribution in [0.5, 0.6) is 5.75 Å². The second-order valence-electron chi connectivity index (χ2n) is 5.73. The molecule has 4 aromatic rings. The molecular formula is C21H15FN2O2. The van der Waals surface area contributed by atoms with E-state index < -0.39 is 0 Å². The molecule has 1 heterocycles. The zero-order valence-corrected chi connectivity index (χ0v) is 14.0. The summed E-state index contributed by atoms with van der Waals surface area (Å²) >= 11 is 0. The molecule has 4 rings (SSSR count). The number of ether oxygens (including phenoxy) is 1. The van der Waals surface area contributed by atoms with E-state index in [1.54, 1.807) is 19.2 Å². The summed E-state index contributed by atoms with van der Waals surface area (Å²) in [6, 6.07) is 21.5. The largest absolute Gasteiger partial charge is 0.497 e. The maximum atomic E-state index is 13.0. The number of methoxy groups -OCH3 is 1. The number of hydrogen-bond acceptors (Lipinski definition) is 4. The summed E-state index contributed by atoms with van der Waals surface area (Å²) in [4.78, 5) is 0. The number of benzene rings is 3. The van der Waals surface area contributed by atoms with Crippen molar-refractivity contribution in [2.24, 2.45) is 0 Å². The molecule has 0 atom stereocenters. The van der Waals surface area contributed by atoms with Crippen LogP contribution in [0.25, 0.3) is 34.0 Å². The third-order valence-corrected chi connectivity index (χ3v) is 4.07. The van der Waals surface area contributed by atoms with Crippen molar-refractivity contribution < 1.29 is 13.5 Å². The molecule has 0 aliphatic heterocycles. The van der Waals surface area contributed by atoms with E-state index >= 15 is 0 Å². The molecule has 0 saturated carbocycles. The van der Waals surface area contributed by atoms with Crippen LogP contribution >= 0.6 is 0 Å². The number of hydrogen-bond donors (Lipinski definition) is 0. The van der Waals surface area contributed by atoms with Crippen molar-refractivity contribution in [1.82, 2.24) is 10.2 Å². The molecule has 0 unspecified atom stereocenters. The van der Waals surface area contributed by atoms with E-state index in [9.17, 15) is 4.39 Å². The first-order valence-electron chi connectivity index (χ1n) is 8.07. The lowest BCUT2D eigenvalue weighted by atomic mass is 10.0. The van der Waals surface area contributed by atoms with Gasteiger partial charge in [-0.3, -0.25) is 0 Å². The molecule has 0 radical (unpaired) electrons. The van der Waals surface area contributed by atoms with E-state index in [-0.39, 0.29) is 5.82 Å². The Morgan fingerprint density at radius 2 is 1.08 bits per heavy atom.